The van der Waals surface area contributed by atoms with Gasteiger partial charge in [0.05, 0.1) is 24.6 Å². The van der Waals surface area contributed by atoms with E-state index in [4.69, 9.17) is 20.5 Å². The van der Waals surface area contributed by atoms with Gasteiger partial charge in [-0.15, -0.1) is 0 Å². The molecule has 1 aliphatic rings. The van der Waals surface area contributed by atoms with Gasteiger partial charge in [-0.3, -0.25) is 33.9 Å². The first-order valence-corrected chi connectivity index (χ1v) is 18.5. The number of benzene rings is 3. The van der Waals surface area contributed by atoms with E-state index in [-0.39, 0.29) is 35.5 Å². The first kappa shape index (κ1) is 34.7. The Morgan fingerprint density at radius 2 is 1.57 bits per heavy atom. The summed E-state index contributed by atoms with van der Waals surface area (Å²) < 4.78 is 28.6. The monoisotopic (exact) mass is 703 g/mol. The maximum atomic E-state index is 13.1. The van der Waals surface area contributed by atoms with Crippen molar-refractivity contribution in [3.63, 3.8) is 0 Å². The summed E-state index contributed by atoms with van der Waals surface area (Å²) in [6.45, 7) is 0.450. The van der Waals surface area contributed by atoms with Crippen molar-refractivity contribution in [2.45, 2.75) is 31.7 Å². The molecule has 256 valence electrons. The Balaban J connectivity index is 1.52. The zero-order valence-corrected chi connectivity index (χ0v) is 29.3. The molecule has 1 amide bonds. The van der Waals surface area contributed by atoms with E-state index in [0.717, 1.165) is 16.7 Å². The summed E-state index contributed by atoms with van der Waals surface area (Å²) in [5.41, 5.74) is 2.06. The number of hydrogen-bond donors (Lipinski definition) is 2. The van der Waals surface area contributed by atoms with Gasteiger partial charge < -0.3 is 9.26 Å². The number of hydrogen-bond acceptors (Lipinski definition) is 8. The molecule has 6 rings (SSSR count). The Morgan fingerprint density at radius 1 is 1.02 bits per heavy atom. The minimum atomic E-state index is -3.63. The standard InChI is InChI=1S/C35H39ClN7O5P/c1-24(2)32(44)39-34-38-31-30(33(45)40-34)37-23-43(31)29-21-42(20-28(48-29)22-47-49(36,46)41(3)4)35(25-14-8-5-9-15-25,26-16-10-6-11-17-26)27-18-12-7-13-19-27/h5-19,23-24,28-29H,20-22H2,1-4H3,(H2,38,39,40,44,45)/t28-,29+,49-/m0/s1. The van der Waals surface area contributed by atoms with Crippen LogP contribution in [0.5, 0.6) is 0 Å². The molecular weight excluding hydrogens is 665 g/mol. The van der Waals surface area contributed by atoms with Gasteiger partial charge in [0.25, 0.3) is 5.56 Å². The van der Waals surface area contributed by atoms with Crippen LogP contribution in [0.3, 0.4) is 0 Å². The lowest BCUT2D eigenvalue weighted by molar-refractivity contribution is -0.145. The van der Waals surface area contributed by atoms with Crippen LogP contribution >= 0.6 is 18.1 Å². The van der Waals surface area contributed by atoms with Crippen LogP contribution in [0, 0.1) is 5.92 Å². The minimum Gasteiger partial charge on any atom is -0.350 e. The number of imidazole rings is 1. The molecule has 0 radical (unpaired) electrons. The fourth-order valence-electron chi connectivity index (χ4n) is 6.17. The molecule has 1 aliphatic heterocycles. The molecule has 14 heteroatoms. The van der Waals surface area contributed by atoms with Gasteiger partial charge in [-0.25, -0.2) is 9.65 Å². The third kappa shape index (κ3) is 6.98. The highest BCUT2D eigenvalue weighted by Crippen LogP contribution is 2.54. The average Bonchev–Trinajstić information content (AvgIpc) is 3.54. The number of H-pyrrole nitrogens is 1. The molecule has 0 saturated carbocycles. The number of anilines is 1. The molecule has 3 heterocycles. The Kier molecular flexibility index (Phi) is 10.2. The molecule has 0 unspecified atom stereocenters. The number of aromatic amines is 1. The largest absolute Gasteiger partial charge is 0.362 e. The van der Waals surface area contributed by atoms with Crippen molar-refractivity contribution < 1.29 is 18.6 Å². The third-order valence-corrected chi connectivity index (χ3v) is 11.2. The zero-order valence-electron chi connectivity index (χ0n) is 27.7. The maximum absolute atomic E-state index is 13.1. The highest BCUT2D eigenvalue weighted by atomic mass is 35.7. The van der Waals surface area contributed by atoms with Gasteiger partial charge in [0.2, 0.25) is 11.9 Å². The molecular formula is C35H39ClN7O5P. The summed E-state index contributed by atoms with van der Waals surface area (Å²) >= 11 is 6.31. The van der Waals surface area contributed by atoms with E-state index in [2.05, 4.69) is 61.6 Å². The summed E-state index contributed by atoms with van der Waals surface area (Å²) in [4.78, 5) is 39.5. The highest BCUT2D eigenvalue weighted by molar-refractivity contribution is 7.83. The molecule has 1 fully saturated rings. The number of aromatic nitrogens is 4. The Morgan fingerprint density at radius 3 is 2.08 bits per heavy atom. The van der Waals surface area contributed by atoms with Crippen molar-refractivity contribution in [1.82, 2.24) is 29.1 Å². The zero-order chi connectivity index (χ0) is 34.8. The fourth-order valence-corrected chi connectivity index (χ4v) is 6.92. The van der Waals surface area contributed by atoms with E-state index in [1.165, 1.54) is 11.0 Å². The van der Waals surface area contributed by atoms with Crippen LogP contribution in [-0.2, 0) is 24.2 Å². The molecule has 2 N–H and O–H groups in total. The molecule has 0 spiro atoms. The molecule has 5 aromatic rings. The Hall–Kier alpha value is -4.16. The van der Waals surface area contributed by atoms with Gasteiger partial charge in [-0.1, -0.05) is 105 Å². The Bertz CT molecular complexity index is 1910. The predicted octanol–water partition coefficient (Wildman–Crippen LogP) is 5.83. The smallest absolute Gasteiger partial charge is 0.350 e. The summed E-state index contributed by atoms with van der Waals surface area (Å²) in [7, 11) is 3.18. The molecule has 3 atom stereocenters. The maximum Gasteiger partial charge on any atom is 0.362 e. The number of carbonyl (C=O) groups excluding carboxylic acids is 1. The van der Waals surface area contributed by atoms with Crippen molar-refractivity contribution in [2.24, 2.45) is 5.92 Å². The first-order valence-electron chi connectivity index (χ1n) is 16.0. The van der Waals surface area contributed by atoms with Crippen LogP contribution in [0.2, 0.25) is 0 Å². The van der Waals surface area contributed by atoms with Crippen molar-refractivity contribution in [2.75, 3.05) is 39.1 Å². The number of fused-ring (bicyclic) bond motifs is 1. The summed E-state index contributed by atoms with van der Waals surface area (Å²) in [5, 5.41) is 2.68. The van der Waals surface area contributed by atoms with Crippen LogP contribution in [0.15, 0.2) is 102 Å². The number of carbonyl (C=O) groups is 1. The van der Waals surface area contributed by atoms with Gasteiger partial charge >= 0.3 is 6.87 Å². The summed E-state index contributed by atoms with van der Waals surface area (Å²) in [6, 6.07) is 30.7. The number of halogens is 1. The molecule has 12 nitrogen and oxygen atoms in total. The molecule has 49 heavy (non-hydrogen) atoms. The van der Waals surface area contributed by atoms with Gasteiger partial charge in [0.1, 0.15) is 6.23 Å². The van der Waals surface area contributed by atoms with Crippen LogP contribution in [-0.4, -0.2) is 74.9 Å². The van der Waals surface area contributed by atoms with E-state index in [0.29, 0.717) is 13.1 Å². The lowest BCUT2D eigenvalue weighted by Crippen LogP contribution is -2.57. The van der Waals surface area contributed by atoms with E-state index in [1.54, 1.807) is 32.5 Å². The van der Waals surface area contributed by atoms with Crippen molar-refractivity contribution in [1.29, 1.82) is 0 Å². The number of morpholine rings is 1. The van der Waals surface area contributed by atoms with Gasteiger partial charge in [-0.2, -0.15) is 4.98 Å². The van der Waals surface area contributed by atoms with E-state index < -0.39 is 30.3 Å². The SMILES string of the molecule is CC(C)C(=O)Nc1nc2c(ncn2[C@H]2CN(C(c3ccccc3)(c3ccccc3)c3ccccc3)C[C@@H](CO[P@@](=O)(Cl)N(C)C)O2)c(=O)[nH]1. The second-order valence-corrected chi connectivity index (χ2v) is 15.6. The number of amides is 1. The van der Waals surface area contributed by atoms with E-state index in [1.807, 2.05) is 54.6 Å². The second-order valence-electron chi connectivity index (χ2n) is 12.4. The van der Waals surface area contributed by atoms with Gasteiger partial charge in [-0.05, 0) is 42.0 Å². The average molecular weight is 704 g/mol. The van der Waals surface area contributed by atoms with Crippen molar-refractivity contribution in [3.8, 4) is 0 Å². The van der Waals surface area contributed by atoms with E-state index in [9.17, 15) is 14.2 Å². The summed E-state index contributed by atoms with van der Waals surface area (Å²) in [6.07, 6.45) is 0.120. The number of nitrogens with one attached hydrogen (secondary N) is 2. The fraction of sp³-hybridized carbons (Fsp3) is 0.314. The summed E-state index contributed by atoms with van der Waals surface area (Å²) in [5.74, 6) is -0.619. The van der Waals surface area contributed by atoms with Crippen LogP contribution in [0.1, 0.15) is 36.8 Å². The third-order valence-electron chi connectivity index (χ3n) is 8.61. The molecule has 0 aliphatic carbocycles. The molecule has 2 aromatic heterocycles. The number of nitrogens with zero attached hydrogens (tertiary/aromatic N) is 5. The molecule has 3 aromatic carbocycles. The lowest BCUT2D eigenvalue weighted by atomic mass is 9.75. The lowest BCUT2D eigenvalue weighted by Gasteiger charge is -2.50. The molecule has 0 bridgehead atoms. The highest BCUT2D eigenvalue weighted by Gasteiger charge is 2.47. The topological polar surface area (TPSA) is 135 Å². The van der Waals surface area contributed by atoms with Gasteiger partial charge in [0, 0.05) is 19.0 Å². The van der Waals surface area contributed by atoms with Crippen molar-refractivity contribution >= 4 is 41.1 Å². The first-order chi connectivity index (χ1) is 23.5. The van der Waals surface area contributed by atoms with Crippen molar-refractivity contribution in [3.05, 3.63) is 124 Å². The van der Waals surface area contributed by atoms with E-state index >= 15 is 0 Å². The Labute approximate surface area is 289 Å². The predicted molar refractivity (Wildman–Crippen MR) is 189 cm³/mol. The number of rotatable bonds is 11. The quantitative estimate of drug-likeness (QED) is 0.129. The van der Waals surface area contributed by atoms with Crippen LogP contribution in [0.25, 0.3) is 11.2 Å². The van der Waals surface area contributed by atoms with Crippen LogP contribution < -0.4 is 10.9 Å². The normalized spacial score (nSPS) is 18.5. The van der Waals surface area contributed by atoms with Crippen LogP contribution in [0.4, 0.5) is 5.95 Å². The van der Waals surface area contributed by atoms with Gasteiger partial charge in [0.15, 0.2) is 11.2 Å². The minimum absolute atomic E-state index is 0.00626. The second kappa shape index (κ2) is 14.4. The number of ether oxygens (including phenoxy) is 1. The molecule has 1 saturated heterocycles.